The first-order chi connectivity index (χ1) is 9.38. The van der Waals surface area contributed by atoms with Crippen LogP contribution < -0.4 is 5.73 Å². The lowest BCUT2D eigenvalue weighted by Gasteiger charge is -2.34. The van der Waals surface area contributed by atoms with E-state index < -0.39 is 0 Å². The Hall–Kier alpha value is -1.78. The number of nitrogens with two attached hydrogens (primary N) is 1. The number of hydrogen-bond donors (Lipinski definition) is 1. The van der Waals surface area contributed by atoms with Crippen molar-refractivity contribution < 1.29 is 0 Å². The molecule has 1 atom stereocenters. The minimum absolute atomic E-state index is 0.177. The molecule has 1 aromatic carbocycles. The van der Waals surface area contributed by atoms with Gasteiger partial charge in [-0.25, -0.2) is 9.97 Å². The normalized spacial score (nSPS) is 16.9. The zero-order valence-corrected chi connectivity index (χ0v) is 10.9. The standard InChI is InChI=1S/C15H18N4/c16-9-15(14-5-7-17-11-18-14)19-8-6-12-3-1-2-4-13(12)10-19/h1-5,7,11,15H,6,8-10,16H2. The molecule has 98 valence electrons. The Labute approximate surface area is 113 Å². The summed E-state index contributed by atoms with van der Waals surface area (Å²) in [6.07, 6.45) is 4.45. The van der Waals surface area contributed by atoms with E-state index in [0.29, 0.717) is 6.54 Å². The molecule has 1 aliphatic heterocycles. The number of hydrogen-bond acceptors (Lipinski definition) is 4. The minimum atomic E-state index is 0.177. The second kappa shape index (κ2) is 5.47. The van der Waals surface area contributed by atoms with Crippen LogP contribution in [0.3, 0.4) is 0 Å². The molecule has 0 amide bonds. The molecule has 1 aliphatic rings. The van der Waals surface area contributed by atoms with Crippen LogP contribution in [0.2, 0.25) is 0 Å². The smallest absolute Gasteiger partial charge is 0.115 e. The van der Waals surface area contributed by atoms with Gasteiger partial charge < -0.3 is 5.73 Å². The summed E-state index contributed by atoms with van der Waals surface area (Å²) in [6, 6.07) is 10.8. The first kappa shape index (κ1) is 12.3. The zero-order valence-electron chi connectivity index (χ0n) is 10.9. The number of aromatic nitrogens is 2. The lowest BCUT2D eigenvalue weighted by atomic mass is 9.98. The number of nitrogens with zero attached hydrogens (tertiary/aromatic N) is 3. The summed E-state index contributed by atoms with van der Waals surface area (Å²) in [4.78, 5) is 10.7. The van der Waals surface area contributed by atoms with E-state index in [1.54, 1.807) is 12.5 Å². The van der Waals surface area contributed by atoms with Crippen LogP contribution in [0.25, 0.3) is 0 Å². The lowest BCUT2D eigenvalue weighted by molar-refractivity contribution is 0.180. The van der Waals surface area contributed by atoms with Gasteiger partial charge in [0.05, 0.1) is 11.7 Å². The molecule has 0 saturated heterocycles. The van der Waals surface area contributed by atoms with E-state index in [0.717, 1.165) is 25.2 Å². The van der Waals surface area contributed by atoms with E-state index in [-0.39, 0.29) is 6.04 Å². The van der Waals surface area contributed by atoms with Gasteiger partial charge in [0.2, 0.25) is 0 Å². The molecule has 2 N–H and O–H groups in total. The summed E-state index contributed by atoms with van der Waals surface area (Å²) in [5.74, 6) is 0. The fourth-order valence-electron chi connectivity index (χ4n) is 2.74. The van der Waals surface area contributed by atoms with Crippen molar-refractivity contribution in [1.82, 2.24) is 14.9 Å². The third-order valence-electron chi connectivity index (χ3n) is 3.77. The van der Waals surface area contributed by atoms with E-state index in [4.69, 9.17) is 5.73 Å². The number of rotatable bonds is 3. The first-order valence-corrected chi connectivity index (χ1v) is 6.65. The Balaban J connectivity index is 1.83. The van der Waals surface area contributed by atoms with E-state index >= 15 is 0 Å². The number of fused-ring (bicyclic) bond motifs is 1. The molecule has 0 bridgehead atoms. The molecule has 0 fully saturated rings. The van der Waals surface area contributed by atoms with Crippen LogP contribution in [0, 0.1) is 0 Å². The fourth-order valence-corrected chi connectivity index (χ4v) is 2.74. The van der Waals surface area contributed by atoms with Gasteiger partial charge in [-0.1, -0.05) is 24.3 Å². The van der Waals surface area contributed by atoms with Crippen molar-refractivity contribution >= 4 is 0 Å². The predicted octanol–water partition coefficient (Wildman–Crippen LogP) is 1.53. The molecule has 4 nitrogen and oxygen atoms in total. The van der Waals surface area contributed by atoms with Crippen molar-refractivity contribution in [3.63, 3.8) is 0 Å². The molecule has 4 heteroatoms. The van der Waals surface area contributed by atoms with Gasteiger partial charge in [-0.3, -0.25) is 4.90 Å². The fraction of sp³-hybridized carbons (Fsp3) is 0.333. The van der Waals surface area contributed by atoms with Gasteiger partial charge in [-0.2, -0.15) is 0 Å². The van der Waals surface area contributed by atoms with Crippen molar-refractivity contribution in [2.75, 3.05) is 13.1 Å². The molecule has 0 aliphatic carbocycles. The molecule has 3 rings (SSSR count). The average molecular weight is 254 g/mol. The van der Waals surface area contributed by atoms with Crippen molar-refractivity contribution in [2.24, 2.45) is 5.73 Å². The van der Waals surface area contributed by atoms with Crippen LogP contribution in [-0.2, 0) is 13.0 Å². The Morgan fingerprint density at radius 2 is 2.05 bits per heavy atom. The van der Waals surface area contributed by atoms with E-state index in [1.807, 2.05) is 6.07 Å². The summed E-state index contributed by atoms with van der Waals surface area (Å²) < 4.78 is 0. The van der Waals surface area contributed by atoms with Gasteiger partial charge in [-0.05, 0) is 23.6 Å². The largest absolute Gasteiger partial charge is 0.329 e. The summed E-state index contributed by atoms with van der Waals surface area (Å²) >= 11 is 0. The van der Waals surface area contributed by atoms with Crippen LogP contribution >= 0.6 is 0 Å². The lowest BCUT2D eigenvalue weighted by Crippen LogP contribution is -2.38. The molecule has 19 heavy (non-hydrogen) atoms. The van der Waals surface area contributed by atoms with Crippen LogP contribution in [0.15, 0.2) is 42.9 Å². The van der Waals surface area contributed by atoms with Crippen molar-refractivity contribution in [1.29, 1.82) is 0 Å². The highest BCUT2D eigenvalue weighted by molar-refractivity contribution is 5.29. The Morgan fingerprint density at radius 1 is 1.21 bits per heavy atom. The van der Waals surface area contributed by atoms with Crippen molar-refractivity contribution in [3.8, 4) is 0 Å². The maximum absolute atomic E-state index is 5.95. The third-order valence-corrected chi connectivity index (χ3v) is 3.77. The van der Waals surface area contributed by atoms with Crippen molar-refractivity contribution in [3.05, 3.63) is 59.7 Å². The molecule has 1 unspecified atom stereocenters. The molecular weight excluding hydrogens is 236 g/mol. The van der Waals surface area contributed by atoms with Crippen LogP contribution in [-0.4, -0.2) is 28.0 Å². The SMILES string of the molecule is NCC(c1ccncn1)N1CCc2ccccc2C1. The Kier molecular flexibility index (Phi) is 3.53. The molecule has 2 aromatic rings. The minimum Gasteiger partial charge on any atom is -0.329 e. The van der Waals surface area contributed by atoms with Gasteiger partial charge in [-0.15, -0.1) is 0 Å². The summed E-state index contributed by atoms with van der Waals surface area (Å²) in [5, 5.41) is 0. The molecule has 1 aromatic heterocycles. The highest BCUT2D eigenvalue weighted by Gasteiger charge is 2.24. The Morgan fingerprint density at radius 3 is 2.79 bits per heavy atom. The first-order valence-electron chi connectivity index (χ1n) is 6.65. The number of benzene rings is 1. The van der Waals surface area contributed by atoms with Gasteiger partial charge in [0.1, 0.15) is 6.33 Å². The molecule has 2 heterocycles. The maximum Gasteiger partial charge on any atom is 0.115 e. The van der Waals surface area contributed by atoms with Gasteiger partial charge >= 0.3 is 0 Å². The second-order valence-electron chi connectivity index (χ2n) is 4.87. The summed E-state index contributed by atoms with van der Waals surface area (Å²) in [7, 11) is 0. The zero-order chi connectivity index (χ0) is 13.1. The van der Waals surface area contributed by atoms with Crippen LogP contribution in [0.1, 0.15) is 22.9 Å². The molecule has 0 saturated carbocycles. The Bertz CT molecular complexity index is 541. The predicted molar refractivity (Wildman–Crippen MR) is 74.4 cm³/mol. The van der Waals surface area contributed by atoms with Crippen LogP contribution in [0.5, 0.6) is 0 Å². The van der Waals surface area contributed by atoms with E-state index in [1.165, 1.54) is 11.1 Å². The van der Waals surface area contributed by atoms with Gasteiger partial charge in [0, 0.05) is 25.8 Å². The van der Waals surface area contributed by atoms with Gasteiger partial charge in [0.25, 0.3) is 0 Å². The van der Waals surface area contributed by atoms with Crippen LogP contribution in [0.4, 0.5) is 0 Å². The van der Waals surface area contributed by atoms with E-state index in [2.05, 4.69) is 39.1 Å². The topological polar surface area (TPSA) is 55.0 Å². The molecule has 0 spiro atoms. The van der Waals surface area contributed by atoms with Crippen molar-refractivity contribution in [2.45, 2.75) is 19.0 Å². The van der Waals surface area contributed by atoms with Gasteiger partial charge in [0.15, 0.2) is 0 Å². The second-order valence-corrected chi connectivity index (χ2v) is 4.87. The summed E-state index contributed by atoms with van der Waals surface area (Å²) in [5.41, 5.74) is 9.82. The maximum atomic E-state index is 5.95. The third kappa shape index (κ3) is 2.50. The quantitative estimate of drug-likeness (QED) is 0.902. The van der Waals surface area contributed by atoms with E-state index in [9.17, 15) is 0 Å². The monoisotopic (exact) mass is 254 g/mol. The average Bonchev–Trinajstić information content (AvgIpc) is 2.49. The molecular formula is C15H18N4. The summed E-state index contributed by atoms with van der Waals surface area (Å²) in [6.45, 7) is 2.56. The molecule has 0 radical (unpaired) electrons. The highest BCUT2D eigenvalue weighted by Crippen LogP contribution is 2.25. The highest BCUT2D eigenvalue weighted by atomic mass is 15.2.